The number of aliphatic hydroxyl groups excluding tert-OH is 1. The molecular weight excluding hydrogens is 240 g/mol. The molecule has 0 bridgehead atoms. The van der Waals surface area contributed by atoms with Crippen molar-refractivity contribution in [3.63, 3.8) is 0 Å². The van der Waals surface area contributed by atoms with E-state index in [9.17, 15) is 0 Å². The van der Waals surface area contributed by atoms with Gasteiger partial charge in [0.1, 0.15) is 24.6 Å². The Morgan fingerprint density at radius 1 is 1.11 bits per heavy atom. The van der Waals surface area contributed by atoms with Crippen LogP contribution < -0.4 is 0 Å². The zero-order valence-corrected chi connectivity index (χ0v) is 10.8. The maximum Gasteiger partial charge on any atom is 0.144 e. The van der Waals surface area contributed by atoms with Gasteiger partial charge in [-0.05, 0) is 6.42 Å². The summed E-state index contributed by atoms with van der Waals surface area (Å²) in [7, 11) is 0. The molecular formula is C12H22O6. The molecule has 0 spiro atoms. The van der Waals surface area contributed by atoms with Crippen LogP contribution in [0.5, 0.6) is 0 Å². The Kier molecular flexibility index (Phi) is 5.35. The van der Waals surface area contributed by atoms with Gasteiger partial charge in [-0.3, -0.25) is 0 Å². The Labute approximate surface area is 107 Å². The lowest BCUT2D eigenvalue weighted by atomic mass is 10.0. The van der Waals surface area contributed by atoms with Crippen LogP contribution >= 0.6 is 0 Å². The van der Waals surface area contributed by atoms with E-state index in [0.29, 0.717) is 32.8 Å². The second-order valence-electron chi connectivity index (χ2n) is 4.75. The van der Waals surface area contributed by atoms with Gasteiger partial charge >= 0.3 is 0 Å². The van der Waals surface area contributed by atoms with Crippen LogP contribution in [0.15, 0.2) is 0 Å². The third-order valence-electron chi connectivity index (χ3n) is 3.16. The lowest BCUT2D eigenvalue weighted by Crippen LogP contribution is -2.43. The fourth-order valence-corrected chi connectivity index (χ4v) is 1.65. The predicted molar refractivity (Wildman–Crippen MR) is 62.3 cm³/mol. The number of aliphatic hydroxyl groups is 1. The average molecular weight is 262 g/mol. The van der Waals surface area contributed by atoms with E-state index in [1.165, 1.54) is 0 Å². The van der Waals surface area contributed by atoms with Gasteiger partial charge in [0, 0.05) is 0 Å². The Morgan fingerprint density at radius 2 is 1.61 bits per heavy atom. The monoisotopic (exact) mass is 262 g/mol. The third kappa shape index (κ3) is 4.79. The third-order valence-corrected chi connectivity index (χ3v) is 3.16. The highest BCUT2D eigenvalue weighted by Crippen LogP contribution is 2.20. The normalized spacial score (nSPS) is 29.0. The van der Waals surface area contributed by atoms with Gasteiger partial charge in [-0.25, -0.2) is 0 Å². The van der Waals surface area contributed by atoms with Crippen molar-refractivity contribution in [3.05, 3.63) is 0 Å². The van der Waals surface area contributed by atoms with E-state index in [2.05, 4.69) is 0 Å². The molecule has 0 saturated carbocycles. The molecule has 0 aromatic carbocycles. The van der Waals surface area contributed by atoms with E-state index in [0.717, 1.165) is 13.2 Å². The van der Waals surface area contributed by atoms with Crippen molar-refractivity contribution in [1.82, 2.24) is 0 Å². The minimum absolute atomic E-state index is 0.231. The van der Waals surface area contributed by atoms with Gasteiger partial charge in [0.2, 0.25) is 0 Å². The second kappa shape index (κ2) is 6.79. The number of rotatable bonds is 11. The van der Waals surface area contributed by atoms with Crippen LogP contribution in [-0.4, -0.2) is 69.3 Å². The smallest absolute Gasteiger partial charge is 0.144 e. The molecule has 2 heterocycles. The molecule has 2 aliphatic rings. The Morgan fingerprint density at radius 3 is 1.94 bits per heavy atom. The maximum absolute atomic E-state index is 8.99. The van der Waals surface area contributed by atoms with Gasteiger partial charge in [0.25, 0.3) is 0 Å². The van der Waals surface area contributed by atoms with Crippen LogP contribution in [0, 0.1) is 0 Å². The number of hydrogen-bond acceptors (Lipinski definition) is 6. The Bertz CT molecular complexity index is 221. The van der Waals surface area contributed by atoms with Crippen molar-refractivity contribution in [2.45, 2.75) is 31.2 Å². The quantitative estimate of drug-likeness (QED) is 0.415. The number of ether oxygens (including phenoxy) is 5. The molecule has 2 atom stereocenters. The van der Waals surface area contributed by atoms with E-state index in [1.54, 1.807) is 0 Å². The van der Waals surface area contributed by atoms with E-state index in [1.807, 2.05) is 6.92 Å². The molecule has 2 saturated heterocycles. The largest absolute Gasteiger partial charge is 0.376 e. The summed E-state index contributed by atoms with van der Waals surface area (Å²) in [6, 6.07) is 0. The molecule has 6 heteroatoms. The van der Waals surface area contributed by atoms with Crippen molar-refractivity contribution in [3.8, 4) is 0 Å². The molecule has 18 heavy (non-hydrogen) atoms. The fraction of sp³-hybridized carbons (Fsp3) is 1.00. The summed E-state index contributed by atoms with van der Waals surface area (Å²) in [5.41, 5.74) is -0.585. The summed E-state index contributed by atoms with van der Waals surface area (Å²) in [5, 5.41) is 8.99. The summed E-state index contributed by atoms with van der Waals surface area (Å²) in [6.07, 6.45) is 1.17. The number of epoxide rings is 2. The van der Waals surface area contributed by atoms with Crippen LogP contribution in [0.25, 0.3) is 0 Å². The first-order valence-electron chi connectivity index (χ1n) is 6.41. The van der Waals surface area contributed by atoms with Crippen LogP contribution in [0.3, 0.4) is 0 Å². The lowest BCUT2D eigenvalue weighted by Gasteiger charge is -2.31. The van der Waals surface area contributed by atoms with E-state index in [-0.39, 0.29) is 19.0 Å². The van der Waals surface area contributed by atoms with Gasteiger partial charge in [0.15, 0.2) is 0 Å². The van der Waals surface area contributed by atoms with Gasteiger partial charge in [-0.15, -0.1) is 0 Å². The molecule has 0 aliphatic carbocycles. The summed E-state index contributed by atoms with van der Waals surface area (Å²) >= 11 is 0. The maximum atomic E-state index is 8.99. The van der Waals surface area contributed by atoms with Gasteiger partial charge < -0.3 is 28.8 Å². The van der Waals surface area contributed by atoms with Crippen molar-refractivity contribution in [1.29, 1.82) is 0 Å². The topological polar surface area (TPSA) is 73.0 Å². The van der Waals surface area contributed by atoms with Gasteiger partial charge in [-0.1, -0.05) is 6.92 Å². The minimum atomic E-state index is -0.585. The van der Waals surface area contributed by atoms with E-state index < -0.39 is 5.60 Å². The van der Waals surface area contributed by atoms with Crippen molar-refractivity contribution in [2.24, 2.45) is 0 Å². The highest BCUT2D eigenvalue weighted by molar-refractivity contribution is 4.80. The predicted octanol–water partition coefficient (Wildman–Crippen LogP) is -0.0676. The molecule has 0 amide bonds. The minimum Gasteiger partial charge on any atom is -0.376 e. The van der Waals surface area contributed by atoms with E-state index >= 15 is 0 Å². The molecule has 2 rings (SSSR count). The summed E-state index contributed by atoms with van der Waals surface area (Å²) < 4.78 is 26.7. The first-order valence-corrected chi connectivity index (χ1v) is 6.41. The first kappa shape index (κ1) is 14.2. The van der Waals surface area contributed by atoms with Crippen LogP contribution in [0.1, 0.15) is 13.3 Å². The Hall–Kier alpha value is -0.240. The SMILES string of the molecule is CCC(COCC1CO1)(COCC1CO1)OCO. The summed E-state index contributed by atoms with van der Waals surface area (Å²) in [6.45, 7) is 5.14. The van der Waals surface area contributed by atoms with Crippen molar-refractivity contribution in [2.75, 3.05) is 46.4 Å². The highest BCUT2D eigenvalue weighted by Gasteiger charge is 2.33. The molecule has 106 valence electrons. The Balaban J connectivity index is 1.70. The van der Waals surface area contributed by atoms with Crippen molar-refractivity contribution < 1.29 is 28.8 Å². The molecule has 2 aliphatic heterocycles. The average Bonchev–Trinajstić information content (AvgIpc) is 3.23. The van der Waals surface area contributed by atoms with Crippen molar-refractivity contribution >= 4 is 0 Å². The highest BCUT2D eigenvalue weighted by atomic mass is 16.6. The molecule has 6 nitrogen and oxygen atoms in total. The van der Waals surface area contributed by atoms with Crippen LogP contribution in [0.4, 0.5) is 0 Å². The lowest BCUT2D eigenvalue weighted by molar-refractivity contribution is -0.177. The van der Waals surface area contributed by atoms with Gasteiger partial charge in [-0.2, -0.15) is 0 Å². The fourth-order valence-electron chi connectivity index (χ4n) is 1.65. The molecule has 0 aromatic rings. The van der Waals surface area contributed by atoms with Gasteiger partial charge in [0.05, 0.1) is 39.6 Å². The molecule has 0 radical (unpaired) electrons. The summed E-state index contributed by atoms with van der Waals surface area (Å²) in [4.78, 5) is 0. The summed E-state index contributed by atoms with van der Waals surface area (Å²) in [5.74, 6) is 0. The molecule has 2 fully saturated rings. The zero-order valence-electron chi connectivity index (χ0n) is 10.8. The molecule has 2 unspecified atom stereocenters. The zero-order chi connectivity index (χ0) is 12.8. The van der Waals surface area contributed by atoms with Crippen LogP contribution in [-0.2, 0) is 23.7 Å². The standard InChI is InChI=1S/C12H22O6/c1-2-12(18-9-13,7-14-3-10-5-16-10)8-15-4-11-6-17-11/h10-11,13H,2-9H2,1H3. The first-order chi connectivity index (χ1) is 8.78. The van der Waals surface area contributed by atoms with E-state index in [4.69, 9.17) is 28.8 Å². The molecule has 1 N–H and O–H groups in total. The molecule has 0 aromatic heterocycles. The van der Waals surface area contributed by atoms with Crippen LogP contribution in [0.2, 0.25) is 0 Å². The number of hydrogen-bond donors (Lipinski definition) is 1. The second-order valence-corrected chi connectivity index (χ2v) is 4.75.